The standard InChI is InChI=1S/C16H23NO4/c1-20-12-8-7-11(15(10-12)21-2)9-16(19)17-13-5-3-4-6-14(13)18/h7-8,10,13-14,18H,3-6,9H2,1-2H3,(H,17,19). The fraction of sp³-hybridized carbons (Fsp3) is 0.562. The second-order valence-corrected chi connectivity index (χ2v) is 5.38. The van der Waals surface area contributed by atoms with Crippen molar-refractivity contribution in [2.24, 2.45) is 0 Å². The number of nitrogens with one attached hydrogen (secondary N) is 1. The zero-order valence-electron chi connectivity index (χ0n) is 12.6. The van der Waals surface area contributed by atoms with E-state index in [0.29, 0.717) is 11.5 Å². The molecule has 21 heavy (non-hydrogen) atoms. The SMILES string of the molecule is COc1ccc(CC(=O)NC2CCCCC2O)c(OC)c1. The Hall–Kier alpha value is -1.75. The maximum atomic E-state index is 12.1. The van der Waals surface area contributed by atoms with Gasteiger partial charge in [-0.15, -0.1) is 0 Å². The van der Waals surface area contributed by atoms with Gasteiger partial charge in [-0.3, -0.25) is 4.79 Å². The Kier molecular flexibility index (Phi) is 5.44. The largest absolute Gasteiger partial charge is 0.497 e. The predicted octanol–water partition coefficient (Wildman–Crippen LogP) is 1.67. The van der Waals surface area contributed by atoms with Crippen LogP contribution in [0.2, 0.25) is 0 Å². The minimum absolute atomic E-state index is 0.0931. The summed E-state index contributed by atoms with van der Waals surface area (Å²) in [5.74, 6) is 1.23. The summed E-state index contributed by atoms with van der Waals surface area (Å²) < 4.78 is 10.4. The summed E-state index contributed by atoms with van der Waals surface area (Å²) in [5.41, 5.74) is 0.807. The third-order valence-electron chi connectivity index (χ3n) is 3.92. The molecule has 0 bridgehead atoms. The Bertz CT molecular complexity index is 489. The Morgan fingerprint density at radius 3 is 2.71 bits per heavy atom. The lowest BCUT2D eigenvalue weighted by Gasteiger charge is -2.28. The highest BCUT2D eigenvalue weighted by atomic mass is 16.5. The van der Waals surface area contributed by atoms with E-state index in [1.807, 2.05) is 6.07 Å². The number of amides is 1. The molecule has 2 rings (SSSR count). The summed E-state index contributed by atoms with van der Waals surface area (Å²) in [6.45, 7) is 0. The van der Waals surface area contributed by atoms with E-state index in [1.54, 1.807) is 26.4 Å². The van der Waals surface area contributed by atoms with Crippen LogP contribution in [-0.2, 0) is 11.2 Å². The second kappa shape index (κ2) is 7.31. The first-order chi connectivity index (χ1) is 10.1. The van der Waals surface area contributed by atoms with Gasteiger partial charge in [0.25, 0.3) is 0 Å². The number of aliphatic hydroxyl groups excluding tert-OH is 1. The number of carbonyl (C=O) groups excluding carboxylic acids is 1. The van der Waals surface area contributed by atoms with E-state index in [-0.39, 0.29) is 18.4 Å². The van der Waals surface area contributed by atoms with Gasteiger partial charge in [0.05, 0.1) is 32.8 Å². The highest BCUT2D eigenvalue weighted by molar-refractivity contribution is 5.79. The zero-order chi connectivity index (χ0) is 15.2. The molecule has 116 valence electrons. The fourth-order valence-electron chi connectivity index (χ4n) is 2.71. The average molecular weight is 293 g/mol. The summed E-state index contributed by atoms with van der Waals surface area (Å²) in [4.78, 5) is 12.1. The van der Waals surface area contributed by atoms with E-state index in [0.717, 1.165) is 31.2 Å². The van der Waals surface area contributed by atoms with Crippen molar-refractivity contribution in [3.05, 3.63) is 23.8 Å². The van der Waals surface area contributed by atoms with E-state index in [1.165, 1.54) is 0 Å². The summed E-state index contributed by atoms with van der Waals surface area (Å²) in [6.07, 6.45) is 3.48. The summed E-state index contributed by atoms with van der Waals surface area (Å²) in [6, 6.07) is 5.27. The van der Waals surface area contributed by atoms with Crippen molar-refractivity contribution >= 4 is 5.91 Å². The first-order valence-corrected chi connectivity index (χ1v) is 7.32. The van der Waals surface area contributed by atoms with Gasteiger partial charge in [0.2, 0.25) is 5.91 Å². The lowest BCUT2D eigenvalue weighted by atomic mass is 9.92. The summed E-state index contributed by atoms with van der Waals surface area (Å²) in [7, 11) is 3.16. The van der Waals surface area contributed by atoms with E-state index >= 15 is 0 Å². The van der Waals surface area contributed by atoms with Crippen LogP contribution in [0.25, 0.3) is 0 Å². The molecule has 0 saturated heterocycles. The molecular weight excluding hydrogens is 270 g/mol. The van der Waals surface area contributed by atoms with Crippen LogP contribution in [0.3, 0.4) is 0 Å². The molecule has 0 aromatic heterocycles. The topological polar surface area (TPSA) is 67.8 Å². The van der Waals surface area contributed by atoms with Crippen LogP contribution in [0.4, 0.5) is 0 Å². The van der Waals surface area contributed by atoms with Gasteiger partial charge in [0, 0.05) is 11.6 Å². The van der Waals surface area contributed by atoms with Crippen LogP contribution >= 0.6 is 0 Å². The van der Waals surface area contributed by atoms with Crippen LogP contribution in [0, 0.1) is 0 Å². The van der Waals surface area contributed by atoms with Gasteiger partial charge in [0.1, 0.15) is 11.5 Å². The molecule has 1 aliphatic rings. The van der Waals surface area contributed by atoms with Gasteiger partial charge in [-0.2, -0.15) is 0 Å². The lowest BCUT2D eigenvalue weighted by Crippen LogP contribution is -2.45. The molecule has 2 atom stereocenters. The van der Waals surface area contributed by atoms with Gasteiger partial charge in [-0.25, -0.2) is 0 Å². The van der Waals surface area contributed by atoms with Crippen LogP contribution in [-0.4, -0.2) is 37.4 Å². The van der Waals surface area contributed by atoms with Crippen molar-refractivity contribution in [1.82, 2.24) is 5.32 Å². The van der Waals surface area contributed by atoms with Crippen LogP contribution < -0.4 is 14.8 Å². The summed E-state index contributed by atoms with van der Waals surface area (Å²) in [5, 5.41) is 12.8. The molecule has 0 aliphatic heterocycles. The number of methoxy groups -OCH3 is 2. The molecule has 0 spiro atoms. The Balaban J connectivity index is 1.98. The highest BCUT2D eigenvalue weighted by Crippen LogP contribution is 2.25. The molecule has 2 N–H and O–H groups in total. The quantitative estimate of drug-likeness (QED) is 0.866. The molecule has 1 aromatic carbocycles. The van der Waals surface area contributed by atoms with E-state index in [2.05, 4.69) is 5.32 Å². The predicted molar refractivity (Wildman–Crippen MR) is 79.7 cm³/mol. The molecule has 1 amide bonds. The van der Waals surface area contributed by atoms with Crippen LogP contribution in [0.15, 0.2) is 18.2 Å². The molecule has 5 heteroatoms. The monoisotopic (exact) mass is 293 g/mol. The molecular formula is C16H23NO4. The number of hydrogen-bond acceptors (Lipinski definition) is 4. The Morgan fingerprint density at radius 2 is 2.05 bits per heavy atom. The first kappa shape index (κ1) is 15.6. The first-order valence-electron chi connectivity index (χ1n) is 7.32. The molecule has 1 aromatic rings. The van der Waals surface area contributed by atoms with E-state index in [9.17, 15) is 9.90 Å². The van der Waals surface area contributed by atoms with E-state index in [4.69, 9.17) is 9.47 Å². The van der Waals surface area contributed by atoms with Crippen molar-refractivity contribution in [1.29, 1.82) is 0 Å². The number of hydrogen-bond donors (Lipinski definition) is 2. The van der Waals surface area contributed by atoms with Gasteiger partial charge in [-0.05, 0) is 18.9 Å². The van der Waals surface area contributed by atoms with Gasteiger partial charge in [-0.1, -0.05) is 18.9 Å². The molecule has 1 fully saturated rings. The molecule has 0 heterocycles. The lowest BCUT2D eigenvalue weighted by molar-refractivity contribution is -0.122. The van der Waals surface area contributed by atoms with Gasteiger partial charge < -0.3 is 19.9 Å². The number of rotatable bonds is 5. The normalized spacial score (nSPS) is 21.7. The second-order valence-electron chi connectivity index (χ2n) is 5.38. The van der Waals surface area contributed by atoms with Crippen molar-refractivity contribution in [3.63, 3.8) is 0 Å². The third kappa shape index (κ3) is 4.11. The number of aliphatic hydroxyl groups is 1. The van der Waals surface area contributed by atoms with Crippen molar-refractivity contribution < 1.29 is 19.4 Å². The minimum atomic E-state index is -0.430. The van der Waals surface area contributed by atoms with Crippen molar-refractivity contribution in [3.8, 4) is 11.5 Å². The molecule has 0 radical (unpaired) electrons. The maximum Gasteiger partial charge on any atom is 0.224 e. The maximum absolute atomic E-state index is 12.1. The Labute approximate surface area is 125 Å². The molecule has 5 nitrogen and oxygen atoms in total. The van der Waals surface area contributed by atoms with Crippen molar-refractivity contribution in [2.45, 2.75) is 44.2 Å². The fourth-order valence-corrected chi connectivity index (χ4v) is 2.71. The zero-order valence-corrected chi connectivity index (χ0v) is 12.6. The summed E-state index contributed by atoms with van der Waals surface area (Å²) >= 11 is 0. The van der Waals surface area contributed by atoms with E-state index < -0.39 is 6.10 Å². The third-order valence-corrected chi connectivity index (χ3v) is 3.92. The number of carbonyl (C=O) groups is 1. The highest BCUT2D eigenvalue weighted by Gasteiger charge is 2.24. The molecule has 1 aliphatic carbocycles. The number of benzene rings is 1. The van der Waals surface area contributed by atoms with Gasteiger partial charge in [0.15, 0.2) is 0 Å². The Morgan fingerprint density at radius 1 is 1.29 bits per heavy atom. The molecule has 1 saturated carbocycles. The number of ether oxygens (including phenoxy) is 2. The minimum Gasteiger partial charge on any atom is -0.497 e. The van der Waals surface area contributed by atoms with Gasteiger partial charge >= 0.3 is 0 Å². The van der Waals surface area contributed by atoms with Crippen LogP contribution in [0.1, 0.15) is 31.2 Å². The smallest absolute Gasteiger partial charge is 0.224 e. The van der Waals surface area contributed by atoms with Crippen molar-refractivity contribution in [2.75, 3.05) is 14.2 Å². The van der Waals surface area contributed by atoms with Crippen LogP contribution in [0.5, 0.6) is 11.5 Å². The molecule has 2 unspecified atom stereocenters. The average Bonchev–Trinajstić information content (AvgIpc) is 2.50.